The maximum Gasteiger partial charge on any atom is 0.300 e. The van der Waals surface area contributed by atoms with E-state index in [1.54, 1.807) is 48.5 Å². The number of amides is 1. The van der Waals surface area contributed by atoms with Gasteiger partial charge in [0.25, 0.3) is 11.7 Å². The molecule has 5 nitrogen and oxygen atoms in total. The predicted molar refractivity (Wildman–Crippen MR) is 129 cm³/mol. The number of carbonyl (C=O) groups is 2. The second kappa shape index (κ2) is 9.51. The number of ketones is 1. The van der Waals surface area contributed by atoms with Crippen LogP contribution >= 0.6 is 11.6 Å². The van der Waals surface area contributed by atoms with Crippen molar-refractivity contribution in [3.63, 3.8) is 0 Å². The number of halogens is 1. The van der Waals surface area contributed by atoms with Gasteiger partial charge < -0.3 is 9.84 Å². The van der Waals surface area contributed by atoms with E-state index >= 15 is 0 Å². The monoisotopic (exact) mass is 461 g/mol. The average molecular weight is 462 g/mol. The number of aliphatic hydroxyl groups is 1. The summed E-state index contributed by atoms with van der Waals surface area (Å²) in [5.74, 6) is -0.812. The Morgan fingerprint density at radius 1 is 1.00 bits per heavy atom. The van der Waals surface area contributed by atoms with Crippen LogP contribution < -0.4 is 9.64 Å². The second-order valence-corrected chi connectivity index (χ2v) is 8.73. The maximum atomic E-state index is 13.2. The van der Waals surface area contributed by atoms with Gasteiger partial charge in [0.2, 0.25) is 0 Å². The van der Waals surface area contributed by atoms with Gasteiger partial charge in [-0.05, 0) is 41.8 Å². The quantitative estimate of drug-likeness (QED) is 0.277. The molecule has 0 radical (unpaired) electrons. The molecular formula is C27H24ClNO4. The molecule has 1 heterocycles. The maximum absolute atomic E-state index is 13.2. The zero-order valence-corrected chi connectivity index (χ0v) is 19.1. The molecule has 0 aliphatic carbocycles. The molecule has 3 aromatic carbocycles. The molecule has 1 N–H and O–H groups in total. The first-order chi connectivity index (χ1) is 15.9. The first-order valence-electron chi connectivity index (χ1n) is 10.7. The lowest BCUT2D eigenvalue weighted by Gasteiger charge is -2.25. The number of Topliss-reactive ketones (excluding diaryl/α,β-unsaturated/α-hetero) is 1. The van der Waals surface area contributed by atoms with E-state index in [9.17, 15) is 14.7 Å². The molecule has 1 unspecified atom stereocenters. The summed E-state index contributed by atoms with van der Waals surface area (Å²) in [7, 11) is 0. The van der Waals surface area contributed by atoms with Gasteiger partial charge in [0.1, 0.15) is 11.5 Å². The minimum absolute atomic E-state index is 0.0205. The summed E-state index contributed by atoms with van der Waals surface area (Å²) in [4.78, 5) is 27.7. The number of benzene rings is 3. The smallest absolute Gasteiger partial charge is 0.300 e. The molecule has 6 heteroatoms. The van der Waals surface area contributed by atoms with Crippen molar-refractivity contribution >= 4 is 34.7 Å². The van der Waals surface area contributed by atoms with Crippen LogP contribution in [0, 0.1) is 5.92 Å². The molecule has 1 saturated heterocycles. The minimum Gasteiger partial charge on any atom is -0.507 e. The van der Waals surface area contributed by atoms with E-state index in [4.69, 9.17) is 16.3 Å². The van der Waals surface area contributed by atoms with E-state index in [2.05, 4.69) is 0 Å². The van der Waals surface area contributed by atoms with Gasteiger partial charge in [-0.25, -0.2) is 0 Å². The first-order valence-corrected chi connectivity index (χ1v) is 11.1. The van der Waals surface area contributed by atoms with E-state index in [1.165, 1.54) is 4.90 Å². The summed E-state index contributed by atoms with van der Waals surface area (Å²) >= 11 is 6.17. The van der Waals surface area contributed by atoms with Crippen molar-refractivity contribution in [2.45, 2.75) is 19.9 Å². The molecule has 3 aromatic rings. The SMILES string of the molecule is CC(C)COc1cccc(/C(O)=C2\C(=O)C(=O)N(c3cccc(Cl)c3)C2c2ccccc2)c1. The number of rotatable bonds is 6. The van der Waals surface area contributed by atoms with Gasteiger partial charge in [-0.1, -0.05) is 74.0 Å². The number of hydrogen-bond acceptors (Lipinski definition) is 4. The van der Waals surface area contributed by atoms with Gasteiger partial charge in [-0.3, -0.25) is 14.5 Å². The second-order valence-electron chi connectivity index (χ2n) is 8.29. The summed E-state index contributed by atoms with van der Waals surface area (Å²) in [5, 5.41) is 11.7. The average Bonchev–Trinajstić information content (AvgIpc) is 3.08. The molecular weight excluding hydrogens is 438 g/mol. The predicted octanol–water partition coefficient (Wildman–Crippen LogP) is 6.00. The fraction of sp³-hybridized carbons (Fsp3) is 0.185. The largest absolute Gasteiger partial charge is 0.507 e. The van der Waals surface area contributed by atoms with Gasteiger partial charge in [0.15, 0.2) is 0 Å². The number of hydrogen-bond donors (Lipinski definition) is 1. The van der Waals surface area contributed by atoms with Crippen LogP contribution in [0.1, 0.15) is 31.0 Å². The normalized spacial score (nSPS) is 17.6. The summed E-state index contributed by atoms with van der Waals surface area (Å²) < 4.78 is 5.77. The van der Waals surface area contributed by atoms with Crippen LogP contribution in [-0.4, -0.2) is 23.4 Å². The number of anilines is 1. The number of aliphatic hydroxyl groups excluding tert-OH is 1. The molecule has 1 aliphatic heterocycles. The van der Waals surface area contributed by atoms with Gasteiger partial charge in [-0.2, -0.15) is 0 Å². The summed E-state index contributed by atoms with van der Waals surface area (Å²) in [6, 6.07) is 22.0. The molecule has 0 aromatic heterocycles. The lowest BCUT2D eigenvalue weighted by atomic mass is 9.95. The van der Waals surface area contributed by atoms with E-state index in [-0.39, 0.29) is 11.3 Å². The zero-order valence-electron chi connectivity index (χ0n) is 18.4. The third-order valence-corrected chi connectivity index (χ3v) is 5.57. The Morgan fingerprint density at radius 2 is 1.73 bits per heavy atom. The van der Waals surface area contributed by atoms with Crippen LogP contribution in [0.4, 0.5) is 5.69 Å². The first kappa shape index (κ1) is 22.6. The third kappa shape index (κ3) is 4.64. The standard InChI is InChI=1S/C27H24ClNO4/c1-17(2)16-33-22-13-6-10-19(14-22)25(30)23-24(18-8-4-3-5-9-18)29(27(32)26(23)31)21-12-7-11-20(28)15-21/h3-15,17,24,30H,16H2,1-2H3/b25-23+. The molecule has 1 atom stereocenters. The van der Waals surface area contributed by atoms with Crippen molar-refractivity contribution in [3.05, 3.63) is 101 Å². The number of nitrogens with zero attached hydrogens (tertiary/aromatic N) is 1. The van der Waals surface area contributed by atoms with Crippen LogP contribution in [0.3, 0.4) is 0 Å². The lowest BCUT2D eigenvalue weighted by Crippen LogP contribution is -2.29. The highest BCUT2D eigenvalue weighted by molar-refractivity contribution is 6.51. The van der Waals surface area contributed by atoms with Crippen LogP contribution in [0.25, 0.3) is 5.76 Å². The third-order valence-electron chi connectivity index (χ3n) is 5.34. The Kier molecular flexibility index (Phi) is 6.52. The molecule has 168 valence electrons. The highest BCUT2D eigenvalue weighted by atomic mass is 35.5. The van der Waals surface area contributed by atoms with Crippen molar-refractivity contribution in [2.24, 2.45) is 5.92 Å². The van der Waals surface area contributed by atoms with E-state index < -0.39 is 17.7 Å². The van der Waals surface area contributed by atoms with Crippen molar-refractivity contribution in [3.8, 4) is 5.75 Å². The van der Waals surface area contributed by atoms with Crippen molar-refractivity contribution in [2.75, 3.05) is 11.5 Å². The molecule has 0 spiro atoms. The van der Waals surface area contributed by atoms with Gasteiger partial charge >= 0.3 is 0 Å². The van der Waals surface area contributed by atoms with Crippen molar-refractivity contribution in [1.82, 2.24) is 0 Å². The van der Waals surface area contributed by atoms with Gasteiger partial charge in [0.05, 0.1) is 18.2 Å². The van der Waals surface area contributed by atoms with Crippen LogP contribution in [-0.2, 0) is 9.59 Å². The molecule has 4 rings (SSSR count). The Bertz CT molecular complexity index is 1220. The van der Waals surface area contributed by atoms with Gasteiger partial charge in [0, 0.05) is 16.3 Å². The topological polar surface area (TPSA) is 66.8 Å². The fourth-order valence-corrected chi connectivity index (χ4v) is 4.01. The Hall–Kier alpha value is -3.57. The summed E-state index contributed by atoms with van der Waals surface area (Å²) in [6.45, 7) is 4.61. The van der Waals surface area contributed by atoms with E-state index in [0.717, 1.165) is 0 Å². The lowest BCUT2D eigenvalue weighted by molar-refractivity contribution is -0.132. The molecule has 1 aliphatic rings. The van der Waals surface area contributed by atoms with Crippen LogP contribution in [0.2, 0.25) is 5.02 Å². The Labute approximate surface area is 197 Å². The Balaban J connectivity index is 1.85. The fourth-order valence-electron chi connectivity index (χ4n) is 3.83. The summed E-state index contributed by atoms with van der Waals surface area (Å²) in [6.07, 6.45) is 0. The van der Waals surface area contributed by atoms with Crippen LogP contribution in [0.15, 0.2) is 84.4 Å². The molecule has 0 bridgehead atoms. The molecule has 33 heavy (non-hydrogen) atoms. The van der Waals surface area contributed by atoms with E-state index in [0.29, 0.717) is 40.1 Å². The zero-order chi connectivity index (χ0) is 23.5. The molecule has 1 fully saturated rings. The Morgan fingerprint density at radius 3 is 2.42 bits per heavy atom. The minimum atomic E-state index is -0.801. The molecule has 1 amide bonds. The highest BCUT2D eigenvalue weighted by Crippen LogP contribution is 2.42. The highest BCUT2D eigenvalue weighted by Gasteiger charge is 2.47. The number of carbonyl (C=O) groups excluding carboxylic acids is 2. The van der Waals surface area contributed by atoms with Gasteiger partial charge in [-0.15, -0.1) is 0 Å². The summed E-state index contributed by atoms with van der Waals surface area (Å²) in [5.41, 5.74) is 1.60. The van der Waals surface area contributed by atoms with E-state index in [1.807, 2.05) is 44.2 Å². The van der Waals surface area contributed by atoms with Crippen molar-refractivity contribution in [1.29, 1.82) is 0 Å². The van der Waals surface area contributed by atoms with Crippen molar-refractivity contribution < 1.29 is 19.4 Å². The number of ether oxygens (including phenoxy) is 1. The molecule has 0 saturated carbocycles. The van der Waals surface area contributed by atoms with Crippen LogP contribution in [0.5, 0.6) is 5.75 Å².